The van der Waals surface area contributed by atoms with Crippen LogP contribution < -0.4 is 10.6 Å². The van der Waals surface area contributed by atoms with Crippen molar-refractivity contribution in [3.8, 4) is 0 Å². The van der Waals surface area contributed by atoms with Crippen molar-refractivity contribution in [2.45, 2.75) is 33.1 Å². The van der Waals surface area contributed by atoms with E-state index < -0.39 is 0 Å². The summed E-state index contributed by atoms with van der Waals surface area (Å²) in [6, 6.07) is 0. The Bertz CT molecular complexity index is 246. The van der Waals surface area contributed by atoms with Crippen LogP contribution in [0.1, 0.15) is 33.1 Å². The molecule has 1 saturated heterocycles. The standard InChI is InChI=1S/C14H28N2O2.ClH/c1-11(10-18-3)9-16-14(17)8-12(2)13-4-6-15-7-5-13;/h11-13,15H,4-10H2,1-3H3,(H,16,17);1H. The Morgan fingerprint density at radius 2 is 2.00 bits per heavy atom. The Hall–Kier alpha value is -0.320. The van der Waals surface area contributed by atoms with E-state index in [2.05, 4.69) is 24.5 Å². The Morgan fingerprint density at radius 1 is 1.37 bits per heavy atom. The molecule has 1 aliphatic rings. The van der Waals surface area contributed by atoms with Gasteiger partial charge in [0.05, 0.1) is 6.61 Å². The molecule has 114 valence electrons. The highest BCUT2D eigenvalue weighted by Gasteiger charge is 2.21. The van der Waals surface area contributed by atoms with Crippen molar-refractivity contribution < 1.29 is 9.53 Å². The fourth-order valence-corrected chi connectivity index (χ4v) is 2.58. The molecule has 1 aliphatic heterocycles. The van der Waals surface area contributed by atoms with Gasteiger partial charge in [-0.25, -0.2) is 0 Å². The summed E-state index contributed by atoms with van der Waals surface area (Å²) in [5, 5.41) is 6.37. The van der Waals surface area contributed by atoms with Crippen LogP contribution in [0.15, 0.2) is 0 Å². The Kier molecular flexibility index (Phi) is 10.3. The Morgan fingerprint density at radius 3 is 2.58 bits per heavy atom. The van der Waals surface area contributed by atoms with Crippen molar-refractivity contribution in [2.24, 2.45) is 17.8 Å². The highest BCUT2D eigenvalue weighted by Crippen LogP contribution is 2.24. The van der Waals surface area contributed by atoms with E-state index in [0.717, 1.165) is 13.1 Å². The maximum Gasteiger partial charge on any atom is 0.220 e. The quantitative estimate of drug-likeness (QED) is 0.753. The summed E-state index contributed by atoms with van der Waals surface area (Å²) in [6.07, 6.45) is 3.06. The number of amides is 1. The number of ether oxygens (including phenoxy) is 1. The molecule has 2 N–H and O–H groups in total. The molecule has 0 radical (unpaired) electrons. The van der Waals surface area contributed by atoms with Crippen molar-refractivity contribution in [1.82, 2.24) is 10.6 Å². The number of hydrogen-bond donors (Lipinski definition) is 2. The van der Waals surface area contributed by atoms with Gasteiger partial charge in [0.25, 0.3) is 0 Å². The molecule has 2 atom stereocenters. The summed E-state index contributed by atoms with van der Waals surface area (Å²) < 4.78 is 5.05. The first-order valence-electron chi connectivity index (χ1n) is 7.09. The summed E-state index contributed by atoms with van der Waals surface area (Å²) in [4.78, 5) is 11.8. The molecule has 1 fully saturated rings. The van der Waals surface area contributed by atoms with Gasteiger partial charge in [-0.05, 0) is 43.7 Å². The number of halogens is 1. The number of rotatable bonds is 7. The minimum absolute atomic E-state index is 0. The van der Waals surface area contributed by atoms with Gasteiger partial charge in [0.1, 0.15) is 0 Å². The predicted molar refractivity (Wildman–Crippen MR) is 80.7 cm³/mol. The highest BCUT2D eigenvalue weighted by molar-refractivity contribution is 5.85. The second-order valence-corrected chi connectivity index (χ2v) is 5.63. The first kappa shape index (κ1) is 18.7. The summed E-state index contributed by atoms with van der Waals surface area (Å²) in [7, 11) is 1.69. The monoisotopic (exact) mass is 292 g/mol. The Labute approximate surface area is 123 Å². The average molecular weight is 293 g/mol. The van der Waals surface area contributed by atoms with E-state index in [-0.39, 0.29) is 18.3 Å². The van der Waals surface area contributed by atoms with E-state index in [1.807, 2.05) is 0 Å². The summed E-state index contributed by atoms with van der Waals surface area (Å²) in [5.41, 5.74) is 0. The van der Waals surface area contributed by atoms with Gasteiger partial charge in [-0.3, -0.25) is 4.79 Å². The van der Waals surface area contributed by atoms with E-state index in [1.165, 1.54) is 12.8 Å². The van der Waals surface area contributed by atoms with Gasteiger partial charge >= 0.3 is 0 Å². The van der Waals surface area contributed by atoms with E-state index >= 15 is 0 Å². The lowest BCUT2D eigenvalue weighted by Gasteiger charge is -2.28. The lowest BCUT2D eigenvalue weighted by atomic mass is 9.84. The zero-order valence-corrected chi connectivity index (χ0v) is 13.2. The minimum Gasteiger partial charge on any atom is -0.384 e. The second-order valence-electron chi connectivity index (χ2n) is 5.63. The molecule has 0 aliphatic carbocycles. The van der Waals surface area contributed by atoms with Crippen LogP contribution in [0, 0.1) is 17.8 Å². The third-order valence-corrected chi connectivity index (χ3v) is 3.79. The van der Waals surface area contributed by atoms with E-state index in [0.29, 0.717) is 37.3 Å². The number of carbonyl (C=O) groups excluding carboxylic acids is 1. The van der Waals surface area contributed by atoms with Crippen LogP contribution in [-0.2, 0) is 9.53 Å². The fourth-order valence-electron chi connectivity index (χ4n) is 2.58. The van der Waals surface area contributed by atoms with Gasteiger partial charge in [0.2, 0.25) is 5.91 Å². The molecule has 4 nitrogen and oxygen atoms in total. The van der Waals surface area contributed by atoms with E-state index in [1.54, 1.807) is 7.11 Å². The maximum absolute atomic E-state index is 11.8. The Balaban J connectivity index is 0.00000324. The van der Waals surface area contributed by atoms with Crippen molar-refractivity contribution >= 4 is 18.3 Å². The smallest absolute Gasteiger partial charge is 0.220 e. The van der Waals surface area contributed by atoms with Crippen molar-refractivity contribution in [2.75, 3.05) is 33.4 Å². The van der Waals surface area contributed by atoms with E-state index in [4.69, 9.17) is 4.74 Å². The van der Waals surface area contributed by atoms with Crippen LogP contribution in [0.5, 0.6) is 0 Å². The van der Waals surface area contributed by atoms with Crippen LogP contribution in [0.3, 0.4) is 0 Å². The lowest BCUT2D eigenvalue weighted by molar-refractivity contribution is -0.122. The molecule has 0 aromatic rings. The molecular weight excluding hydrogens is 264 g/mol. The zero-order valence-electron chi connectivity index (χ0n) is 12.4. The summed E-state index contributed by atoms with van der Waals surface area (Å²) >= 11 is 0. The van der Waals surface area contributed by atoms with Crippen molar-refractivity contribution in [3.63, 3.8) is 0 Å². The van der Waals surface area contributed by atoms with Gasteiger partial charge in [-0.15, -0.1) is 12.4 Å². The van der Waals surface area contributed by atoms with Gasteiger partial charge in [-0.2, -0.15) is 0 Å². The lowest BCUT2D eigenvalue weighted by Crippen LogP contribution is -2.35. The largest absolute Gasteiger partial charge is 0.384 e. The van der Waals surface area contributed by atoms with E-state index in [9.17, 15) is 4.79 Å². The minimum atomic E-state index is 0. The SMILES string of the molecule is COCC(C)CNC(=O)CC(C)C1CCNCC1.Cl. The second kappa shape index (κ2) is 10.5. The molecule has 5 heteroatoms. The molecule has 1 rings (SSSR count). The van der Waals surface area contributed by atoms with Crippen LogP contribution in [0.4, 0.5) is 0 Å². The van der Waals surface area contributed by atoms with Gasteiger partial charge in [-0.1, -0.05) is 13.8 Å². The maximum atomic E-state index is 11.8. The molecule has 1 amide bonds. The molecule has 1 heterocycles. The van der Waals surface area contributed by atoms with Crippen molar-refractivity contribution in [3.05, 3.63) is 0 Å². The normalized spacial score (nSPS) is 19.3. The third-order valence-electron chi connectivity index (χ3n) is 3.79. The van der Waals surface area contributed by atoms with Gasteiger partial charge < -0.3 is 15.4 Å². The average Bonchev–Trinajstić information content (AvgIpc) is 2.38. The zero-order chi connectivity index (χ0) is 13.4. The van der Waals surface area contributed by atoms with Crippen LogP contribution in [-0.4, -0.2) is 39.3 Å². The van der Waals surface area contributed by atoms with Crippen molar-refractivity contribution in [1.29, 1.82) is 0 Å². The van der Waals surface area contributed by atoms with Crippen LogP contribution in [0.2, 0.25) is 0 Å². The first-order chi connectivity index (χ1) is 8.63. The number of methoxy groups -OCH3 is 1. The van der Waals surface area contributed by atoms with Gasteiger partial charge in [0.15, 0.2) is 0 Å². The first-order valence-corrected chi connectivity index (χ1v) is 7.09. The molecule has 0 aromatic heterocycles. The summed E-state index contributed by atoms with van der Waals surface area (Å²) in [6.45, 7) is 7.90. The topological polar surface area (TPSA) is 50.4 Å². The molecule has 2 unspecified atom stereocenters. The predicted octanol–water partition coefficient (Wildman–Crippen LogP) is 1.83. The highest BCUT2D eigenvalue weighted by atomic mass is 35.5. The van der Waals surface area contributed by atoms with Crippen LogP contribution >= 0.6 is 12.4 Å². The molecule has 0 spiro atoms. The fraction of sp³-hybridized carbons (Fsp3) is 0.929. The number of piperidine rings is 1. The molecular formula is C14H29ClN2O2. The number of carbonyl (C=O) groups is 1. The molecule has 0 aromatic carbocycles. The summed E-state index contributed by atoms with van der Waals surface area (Å²) in [5.74, 6) is 1.76. The molecule has 0 saturated carbocycles. The molecule has 0 bridgehead atoms. The van der Waals surface area contributed by atoms with Crippen LogP contribution in [0.25, 0.3) is 0 Å². The number of hydrogen-bond acceptors (Lipinski definition) is 3. The molecule has 19 heavy (non-hydrogen) atoms. The number of nitrogens with one attached hydrogen (secondary N) is 2. The third kappa shape index (κ3) is 7.75. The van der Waals surface area contributed by atoms with Gasteiger partial charge in [0, 0.05) is 20.1 Å².